The number of carbonyl (C=O) groups is 1. The topological polar surface area (TPSA) is 59.2 Å². The number of hydrogen-bond donors (Lipinski definition) is 0. The third-order valence-corrected chi connectivity index (χ3v) is 5.09. The van der Waals surface area contributed by atoms with Crippen molar-refractivity contribution in [2.45, 2.75) is 32.1 Å². The molecule has 1 saturated heterocycles. The molecule has 0 unspecified atom stereocenters. The molecule has 3 aromatic rings. The highest BCUT2D eigenvalue weighted by molar-refractivity contribution is 5.92. The Bertz CT molecular complexity index is 912. The van der Waals surface area contributed by atoms with E-state index in [0.717, 1.165) is 43.7 Å². The second kappa shape index (κ2) is 7.74. The van der Waals surface area contributed by atoms with Crippen LogP contribution in [-0.4, -0.2) is 33.9 Å². The van der Waals surface area contributed by atoms with Gasteiger partial charge in [-0.3, -0.25) is 9.78 Å². The van der Waals surface area contributed by atoms with Gasteiger partial charge in [-0.05, 0) is 30.5 Å². The van der Waals surface area contributed by atoms with Crippen molar-refractivity contribution in [3.05, 3.63) is 83.3 Å². The molecular formula is C22H23N3O2. The molecule has 0 bridgehead atoms. The van der Waals surface area contributed by atoms with Crippen molar-refractivity contribution in [3.8, 4) is 0 Å². The standard InChI is InChI=1S/C22H23N3O2/c1-16-23-21(15-27-16)22(26)25-12-10-18(11-13-25)20-9-5-8-19(24-20)14-17-6-3-2-4-7-17/h2-9,15,18H,10-14H2,1H3. The summed E-state index contributed by atoms with van der Waals surface area (Å²) < 4.78 is 5.16. The average Bonchev–Trinajstić information content (AvgIpc) is 3.15. The highest BCUT2D eigenvalue weighted by Crippen LogP contribution is 2.27. The second-order valence-corrected chi connectivity index (χ2v) is 7.03. The Morgan fingerprint density at radius 2 is 1.85 bits per heavy atom. The average molecular weight is 361 g/mol. The zero-order valence-electron chi connectivity index (χ0n) is 15.5. The van der Waals surface area contributed by atoms with E-state index in [1.54, 1.807) is 6.92 Å². The van der Waals surface area contributed by atoms with Gasteiger partial charge in [-0.2, -0.15) is 0 Å². The molecule has 0 saturated carbocycles. The van der Waals surface area contributed by atoms with Gasteiger partial charge in [-0.25, -0.2) is 4.98 Å². The van der Waals surface area contributed by atoms with Crippen molar-refractivity contribution >= 4 is 5.91 Å². The van der Waals surface area contributed by atoms with Crippen molar-refractivity contribution in [2.24, 2.45) is 0 Å². The van der Waals surface area contributed by atoms with Crippen molar-refractivity contribution in [3.63, 3.8) is 0 Å². The fourth-order valence-electron chi connectivity index (χ4n) is 3.63. The second-order valence-electron chi connectivity index (χ2n) is 7.03. The Morgan fingerprint density at radius 1 is 1.07 bits per heavy atom. The fraction of sp³-hybridized carbons (Fsp3) is 0.318. The van der Waals surface area contributed by atoms with Gasteiger partial charge in [0.05, 0.1) is 0 Å². The minimum absolute atomic E-state index is 0.0453. The summed E-state index contributed by atoms with van der Waals surface area (Å²) in [4.78, 5) is 23.4. The largest absolute Gasteiger partial charge is 0.448 e. The summed E-state index contributed by atoms with van der Waals surface area (Å²) in [7, 11) is 0. The number of likely N-dealkylation sites (tertiary alicyclic amines) is 1. The number of aromatic nitrogens is 2. The number of pyridine rings is 1. The fourth-order valence-corrected chi connectivity index (χ4v) is 3.63. The summed E-state index contributed by atoms with van der Waals surface area (Å²) >= 11 is 0. The number of carbonyl (C=O) groups excluding carboxylic acids is 1. The van der Waals surface area contributed by atoms with E-state index in [9.17, 15) is 4.79 Å². The van der Waals surface area contributed by atoms with E-state index in [4.69, 9.17) is 9.40 Å². The zero-order valence-corrected chi connectivity index (χ0v) is 15.5. The number of rotatable bonds is 4. The normalized spacial score (nSPS) is 15.1. The molecule has 0 N–H and O–H groups in total. The molecule has 0 spiro atoms. The van der Waals surface area contributed by atoms with Crippen LogP contribution in [0.3, 0.4) is 0 Å². The van der Waals surface area contributed by atoms with E-state index in [1.807, 2.05) is 11.0 Å². The minimum atomic E-state index is -0.0453. The summed E-state index contributed by atoms with van der Waals surface area (Å²) in [6, 6.07) is 16.7. The summed E-state index contributed by atoms with van der Waals surface area (Å²) in [6.07, 6.45) is 4.13. The number of aryl methyl sites for hydroxylation is 1. The van der Waals surface area contributed by atoms with E-state index in [0.29, 0.717) is 17.5 Å². The highest BCUT2D eigenvalue weighted by Gasteiger charge is 2.26. The number of amides is 1. The highest BCUT2D eigenvalue weighted by atomic mass is 16.3. The molecular weight excluding hydrogens is 338 g/mol. The summed E-state index contributed by atoms with van der Waals surface area (Å²) in [5, 5.41) is 0. The Balaban J connectivity index is 1.39. The molecule has 5 nitrogen and oxygen atoms in total. The smallest absolute Gasteiger partial charge is 0.275 e. The van der Waals surface area contributed by atoms with Crippen molar-refractivity contribution in [2.75, 3.05) is 13.1 Å². The summed E-state index contributed by atoms with van der Waals surface area (Å²) in [5.74, 6) is 0.868. The van der Waals surface area contributed by atoms with Crippen LogP contribution < -0.4 is 0 Å². The first-order chi connectivity index (χ1) is 13.2. The third-order valence-electron chi connectivity index (χ3n) is 5.09. The van der Waals surface area contributed by atoms with Gasteiger partial charge in [0.2, 0.25) is 0 Å². The van der Waals surface area contributed by atoms with Crippen LogP contribution in [0.2, 0.25) is 0 Å². The maximum absolute atomic E-state index is 12.5. The van der Waals surface area contributed by atoms with Gasteiger partial charge in [0.1, 0.15) is 6.26 Å². The first kappa shape index (κ1) is 17.5. The van der Waals surface area contributed by atoms with Crippen molar-refractivity contribution in [1.29, 1.82) is 0 Å². The molecule has 1 aliphatic rings. The van der Waals surface area contributed by atoms with Crippen LogP contribution in [-0.2, 0) is 6.42 Å². The van der Waals surface area contributed by atoms with Gasteiger partial charge in [-0.1, -0.05) is 36.4 Å². The summed E-state index contributed by atoms with van der Waals surface area (Å²) in [6.45, 7) is 3.19. The number of benzene rings is 1. The molecule has 27 heavy (non-hydrogen) atoms. The van der Waals surface area contributed by atoms with Crippen LogP contribution in [0.4, 0.5) is 0 Å². The van der Waals surface area contributed by atoms with Crippen LogP contribution >= 0.6 is 0 Å². The van der Waals surface area contributed by atoms with Crippen molar-refractivity contribution in [1.82, 2.24) is 14.9 Å². The molecule has 0 atom stereocenters. The monoisotopic (exact) mass is 361 g/mol. The SMILES string of the molecule is Cc1nc(C(=O)N2CCC(c3cccc(Cc4ccccc4)n3)CC2)co1. The predicted molar refractivity (Wildman–Crippen MR) is 103 cm³/mol. The number of piperidine rings is 1. The lowest BCUT2D eigenvalue weighted by atomic mass is 9.92. The molecule has 3 heterocycles. The van der Waals surface area contributed by atoms with Gasteiger partial charge >= 0.3 is 0 Å². The molecule has 2 aromatic heterocycles. The van der Waals surface area contributed by atoms with E-state index < -0.39 is 0 Å². The molecule has 1 fully saturated rings. The Morgan fingerprint density at radius 3 is 2.56 bits per heavy atom. The first-order valence-electron chi connectivity index (χ1n) is 9.40. The lowest BCUT2D eigenvalue weighted by molar-refractivity contribution is 0.0706. The Hall–Kier alpha value is -2.95. The van der Waals surface area contributed by atoms with Gasteiger partial charge in [-0.15, -0.1) is 0 Å². The van der Waals surface area contributed by atoms with Crippen LogP contribution in [0.5, 0.6) is 0 Å². The quantitative estimate of drug-likeness (QED) is 0.705. The molecule has 0 radical (unpaired) electrons. The molecule has 4 rings (SSSR count). The van der Waals surface area contributed by atoms with E-state index >= 15 is 0 Å². The summed E-state index contributed by atoms with van der Waals surface area (Å²) in [5.41, 5.74) is 3.89. The van der Waals surface area contributed by atoms with Crippen LogP contribution in [0, 0.1) is 6.92 Å². The third kappa shape index (κ3) is 4.08. The van der Waals surface area contributed by atoms with Crippen LogP contribution in [0.1, 0.15) is 52.1 Å². The predicted octanol–water partition coefficient (Wildman–Crippen LogP) is 3.99. The first-order valence-corrected chi connectivity index (χ1v) is 9.40. The maximum Gasteiger partial charge on any atom is 0.275 e. The molecule has 0 aliphatic carbocycles. The van der Waals surface area contributed by atoms with Crippen molar-refractivity contribution < 1.29 is 9.21 Å². The van der Waals surface area contributed by atoms with E-state index in [-0.39, 0.29) is 5.91 Å². The van der Waals surface area contributed by atoms with Crippen LogP contribution in [0.25, 0.3) is 0 Å². The van der Waals surface area contributed by atoms with E-state index in [1.165, 1.54) is 11.8 Å². The molecule has 1 aliphatic heterocycles. The van der Waals surface area contributed by atoms with Gasteiger partial charge in [0, 0.05) is 43.7 Å². The molecule has 138 valence electrons. The minimum Gasteiger partial charge on any atom is -0.448 e. The number of oxazole rings is 1. The maximum atomic E-state index is 12.5. The van der Waals surface area contributed by atoms with Gasteiger partial charge in [0.25, 0.3) is 5.91 Å². The van der Waals surface area contributed by atoms with E-state index in [2.05, 4.69) is 47.4 Å². The molecule has 5 heteroatoms. The van der Waals surface area contributed by atoms with Gasteiger partial charge in [0.15, 0.2) is 11.6 Å². The lowest BCUT2D eigenvalue weighted by Gasteiger charge is -2.31. The number of nitrogens with zero attached hydrogens (tertiary/aromatic N) is 3. The Kier molecular flexibility index (Phi) is 5.01. The van der Waals surface area contributed by atoms with Gasteiger partial charge < -0.3 is 9.32 Å². The lowest BCUT2D eigenvalue weighted by Crippen LogP contribution is -2.38. The van der Waals surface area contributed by atoms with Crippen LogP contribution in [0.15, 0.2) is 59.2 Å². The molecule has 1 aromatic carbocycles. The molecule has 1 amide bonds. The Labute approximate surface area is 159 Å². The number of hydrogen-bond acceptors (Lipinski definition) is 4. The zero-order chi connectivity index (χ0) is 18.6.